The number of hydrogen-bond acceptors (Lipinski definition) is 7. The number of thioether (sulfide) groups is 1. The van der Waals surface area contributed by atoms with Crippen molar-refractivity contribution in [2.75, 3.05) is 37.4 Å². The molecule has 164 valence electrons. The number of anilines is 1. The summed E-state index contributed by atoms with van der Waals surface area (Å²) in [5.41, 5.74) is 1.59. The van der Waals surface area contributed by atoms with Crippen LogP contribution in [0.25, 0.3) is 0 Å². The first-order valence-corrected chi connectivity index (χ1v) is 12.1. The van der Waals surface area contributed by atoms with Crippen molar-refractivity contribution in [3.8, 4) is 0 Å². The third kappa shape index (κ3) is 4.44. The van der Waals surface area contributed by atoms with E-state index in [0.29, 0.717) is 24.6 Å². The van der Waals surface area contributed by atoms with Gasteiger partial charge in [-0.2, -0.15) is 0 Å². The summed E-state index contributed by atoms with van der Waals surface area (Å²) in [5, 5.41) is 9.47. The number of amides is 2. The highest BCUT2D eigenvalue weighted by Crippen LogP contribution is 2.47. The molecule has 0 radical (unpaired) electrons. The average molecular weight is 526 g/mol. The van der Waals surface area contributed by atoms with Gasteiger partial charge in [0.2, 0.25) is 5.91 Å². The Kier molecular flexibility index (Phi) is 6.27. The summed E-state index contributed by atoms with van der Waals surface area (Å²) in [6.07, 6.45) is 2.16. The van der Waals surface area contributed by atoms with Crippen molar-refractivity contribution in [1.82, 2.24) is 9.88 Å². The van der Waals surface area contributed by atoms with Crippen LogP contribution in [0.15, 0.2) is 33.1 Å². The predicted molar refractivity (Wildman–Crippen MR) is 121 cm³/mol. The van der Waals surface area contributed by atoms with Crippen LogP contribution in [0.2, 0.25) is 0 Å². The van der Waals surface area contributed by atoms with Gasteiger partial charge in [0.25, 0.3) is 0 Å². The van der Waals surface area contributed by atoms with Gasteiger partial charge in [-0.15, -0.1) is 23.1 Å². The lowest BCUT2D eigenvalue weighted by molar-refractivity contribution is -0.133. The first-order valence-electron chi connectivity index (χ1n) is 9.54. The molecule has 11 heteroatoms. The number of aromatic nitrogens is 1. The maximum absolute atomic E-state index is 13.2. The van der Waals surface area contributed by atoms with E-state index in [2.05, 4.69) is 20.9 Å². The molecule has 31 heavy (non-hydrogen) atoms. The maximum atomic E-state index is 13.2. The molecule has 1 saturated heterocycles. The molecule has 1 N–H and O–H groups in total. The number of benzene rings is 1. The number of halogens is 1. The van der Waals surface area contributed by atoms with Gasteiger partial charge >= 0.3 is 12.1 Å². The smallest absolute Gasteiger partial charge is 0.409 e. The predicted octanol–water partition coefficient (Wildman–Crippen LogP) is 3.38. The number of carbonyl (C=O) groups is 3. The van der Waals surface area contributed by atoms with E-state index in [0.717, 1.165) is 26.4 Å². The average Bonchev–Trinajstić information content (AvgIpc) is 3.45. The lowest BCUT2D eigenvalue weighted by Crippen LogP contribution is -2.40. The molecule has 8 nitrogen and oxygen atoms in total. The van der Waals surface area contributed by atoms with Crippen LogP contribution in [0, 0.1) is 0 Å². The molecule has 1 spiro atoms. The summed E-state index contributed by atoms with van der Waals surface area (Å²) in [6, 6.07) is 5.88. The first-order chi connectivity index (χ1) is 14.8. The highest BCUT2D eigenvalue weighted by Gasteiger charge is 2.50. The minimum atomic E-state index is -0.890. The number of nitrogens with zero attached hydrogens (tertiary/aromatic N) is 3. The molecular weight excluding hydrogens is 506 g/mol. The zero-order chi connectivity index (χ0) is 22.2. The van der Waals surface area contributed by atoms with Gasteiger partial charge in [0, 0.05) is 35.2 Å². The standard InChI is InChI=1S/C20H20BrN3O5S2/c1-29-19(28)23-5-4-20(10-23)11-24(14-3-2-12(21)6-13(14)20)16(25)7-15-22-8-18(31-15)30-9-17(26)27/h2-3,6,8H,4-5,7,9-11H2,1H3,(H,26,27)/t20-/m1/s1. The van der Waals surface area contributed by atoms with E-state index in [1.165, 1.54) is 30.2 Å². The quantitative estimate of drug-likeness (QED) is 0.597. The molecule has 2 aliphatic heterocycles. The number of carboxylic acid groups (broad SMARTS) is 1. The molecule has 0 saturated carbocycles. The van der Waals surface area contributed by atoms with Gasteiger partial charge < -0.3 is 19.6 Å². The zero-order valence-corrected chi connectivity index (χ0v) is 19.9. The van der Waals surface area contributed by atoms with Gasteiger partial charge in [0.05, 0.1) is 29.7 Å². The van der Waals surface area contributed by atoms with Crippen molar-refractivity contribution in [2.45, 2.75) is 22.5 Å². The van der Waals surface area contributed by atoms with E-state index >= 15 is 0 Å². The van der Waals surface area contributed by atoms with Gasteiger partial charge in [-0.25, -0.2) is 9.78 Å². The maximum Gasteiger partial charge on any atom is 0.409 e. The SMILES string of the molecule is COC(=O)N1CC[C@@]2(C1)CN(C(=O)Cc1ncc(SCC(=O)O)s1)c1ccc(Br)cc12. The number of aliphatic carboxylic acids is 1. The Morgan fingerprint density at radius 2 is 2.16 bits per heavy atom. The third-order valence-corrected chi connectivity index (χ3v) is 8.21. The molecule has 1 aromatic carbocycles. The highest BCUT2D eigenvalue weighted by molar-refractivity contribution is 9.10. The summed E-state index contributed by atoms with van der Waals surface area (Å²) in [4.78, 5) is 43.8. The number of fused-ring (bicyclic) bond motifs is 2. The molecule has 2 aliphatic rings. The van der Waals surface area contributed by atoms with Crippen LogP contribution < -0.4 is 4.90 Å². The molecule has 0 aliphatic carbocycles. The molecule has 1 atom stereocenters. The lowest BCUT2D eigenvalue weighted by atomic mass is 9.81. The van der Waals surface area contributed by atoms with Crippen LogP contribution in [0.4, 0.5) is 10.5 Å². The molecule has 0 unspecified atom stereocenters. The van der Waals surface area contributed by atoms with Crippen molar-refractivity contribution in [2.24, 2.45) is 0 Å². The monoisotopic (exact) mass is 525 g/mol. The summed E-state index contributed by atoms with van der Waals surface area (Å²) in [6.45, 7) is 1.58. The fourth-order valence-corrected chi connectivity index (χ4v) is 6.26. The summed E-state index contributed by atoms with van der Waals surface area (Å²) >= 11 is 6.07. The van der Waals surface area contributed by atoms with Crippen molar-refractivity contribution >= 4 is 62.7 Å². The second kappa shape index (κ2) is 8.79. The van der Waals surface area contributed by atoms with Crippen LogP contribution in [-0.2, 0) is 26.2 Å². The molecule has 4 rings (SSSR count). The number of hydrogen-bond donors (Lipinski definition) is 1. The summed E-state index contributed by atoms with van der Waals surface area (Å²) in [5.74, 6) is -0.997. The molecule has 3 heterocycles. The van der Waals surface area contributed by atoms with Crippen LogP contribution >= 0.6 is 39.0 Å². The Labute approximate surface area is 195 Å². The Morgan fingerprint density at radius 3 is 2.90 bits per heavy atom. The number of carbonyl (C=O) groups excluding carboxylic acids is 2. The fraction of sp³-hybridized carbons (Fsp3) is 0.400. The Morgan fingerprint density at radius 1 is 1.35 bits per heavy atom. The van der Waals surface area contributed by atoms with Crippen molar-refractivity contribution < 1.29 is 24.2 Å². The summed E-state index contributed by atoms with van der Waals surface area (Å²) < 4.78 is 6.59. The van der Waals surface area contributed by atoms with Gasteiger partial charge in [-0.3, -0.25) is 9.59 Å². The fourth-order valence-electron chi connectivity index (χ4n) is 4.17. The highest BCUT2D eigenvalue weighted by atomic mass is 79.9. The van der Waals surface area contributed by atoms with Crippen LogP contribution in [0.3, 0.4) is 0 Å². The van der Waals surface area contributed by atoms with Crippen LogP contribution in [0.5, 0.6) is 0 Å². The Balaban J connectivity index is 1.54. The minimum absolute atomic E-state index is 0.0385. The molecular formula is C20H20BrN3O5S2. The number of thiazole rings is 1. The van der Waals surface area contributed by atoms with Crippen LogP contribution in [0.1, 0.15) is 17.0 Å². The molecule has 1 aromatic heterocycles. The van der Waals surface area contributed by atoms with Crippen molar-refractivity contribution in [3.05, 3.63) is 39.4 Å². The van der Waals surface area contributed by atoms with E-state index in [4.69, 9.17) is 9.84 Å². The van der Waals surface area contributed by atoms with Gasteiger partial charge in [-0.05, 0) is 30.2 Å². The number of methoxy groups -OCH3 is 1. The number of ether oxygens (including phenoxy) is 1. The largest absolute Gasteiger partial charge is 0.481 e. The van der Waals surface area contributed by atoms with E-state index in [9.17, 15) is 14.4 Å². The first kappa shape index (κ1) is 22.1. The van der Waals surface area contributed by atoms with E-state index in [1.54, 1.807) is 16.0 Å². The van der Waals surface area contributed by atoms with E-state index in [1.807, 2.05) is 18.2 Å². The number of carboxylic acids is 1. The third-order valence-electron chi connectivity index (χ3n) is 5.54. The van der Waals surface area contributed by atoms with Crippen molar-refractivity contribution in [3.63, 3.8) is 0 Å². The Bertz CT molecular complexity index is 1050. The molecule has 1 fully saturated rings. The van der Waals surface area contributed by atoms with Crippen LogP contribution in [-0.4, -0.2) is 65.5 Å². The molecule has 0 bridgehead atoms. The second-order valence-electron chi connectivity index (χ2n) is 7.50. The molecule has 2 amide bonds. The normalized spacial score (nSPS) is 19.7. The van der Waals surface area contributed by atoms with E-state index < -0.39 is 5.97 Å². The number of likely N-dealkylation sites (tertiary alicyclic amines) is 1. The Hall–Kier alpha value is -2.11. The van der Waals surface area contributed by atoms with Crippen molar-refractivity contribution in [1.29, 1.82) is 0 Å². The minimum Gasteiger partial charge on any atom is -0.481 e. The zero-order valence-electron chi connectivity index (χ0n) is 16.7. The topological polar surface area (TPSA) is 100 Å². The van der Waals surface area contributed by atoms with Gasteiger partial charge in [0.1, 0.15) is 5.01 Å². The van der Waals surface area contributed by atoms with Gasteiger partial charge in [0.15, 0.2) is 0 Å². The second-order valence-corrected chi connectivity index (χ2v) is 10.8. The molecule has 2 aromatic rings. The lowest BCUT2D eigenvalue weighted by Gasteiger charge is -2.25. The summed E-state index contributed by atoms with van der Waals surface area (Å²) in [7, 11) is 1.37. The number of rotatable bonds is 5. The van der Waals surface area contributed by atoms with E-state index in [-0.39, 0.29) is 29.6 Å². The van der Waals surface area contributed by atoms with Gasteiger partial charge in [-0.1, -0.05) is 15.9 Å².